The molecular weight excluding hydrogens is 228 g/mol. The number of hydrogen-bond acceptors (Lipinski definition) is 6. The Morgan fingerprint density at radius 3 is 2.61 bits per heavy atom. The van der Waals surface area contributed by atoms with E-state index in [-0.39, 0.29) is 0 Å². The van der Waals surface area contributed by atoms with Gasteiger partial charge in [-0.1, -0.05) is 13.8 Å². The third-order valence-corrected chi connectivity index (χ3v) is 2.73. The molecule has 102 valence electrons. The number of rotatable bonds is 8. The smallest absolute Gasteiger partial charge is 0.145 e. The predicted octanol–water partition coefficient (Wildman–Crippen LogP) is 1.08. The number of nitrogens with two attached hydrogens (primary N) is 1. The van der Waals surface area contributed by atoms with Gasteiger partial charge in [-0.05, 0) is 20.0 Å². The molecule has 0 saturated carbocycles. The predicted molar refractivity (Wildman–Crippen MR) is 75.5 cm³/mol. The number of hydrazine groups is 1. The van der Waals surface area contributed by atoms with E-state index >= 15 is 0 Å². The molecule has 4 N–H and O–H groups in total. The lowest BCUT2D eigenvalue weighted by Crippen LogP contribution is -2.25. The van der Waals surface area contributed by atoms with Crippen molar-refractivity contribution in [2.45, 2.75) is 26.7 Å². The molecule has 0 fully saturated rings. The number of nitrogens with one attached hydrogen (secondary N) is 2. The molecule has 1 rings (SSSR count). The van der Waals surface area contributed by atoms with Crippen molar-refractivity contribution in [2.24, 2.45) is 5.84 Å². The zero-order chi connectivity index (χ0) is 13.4. The van der Waals surface area contributed by atoms with Gasteiger partial charge in [-0.3, -0.25) is 0 Å². The van der Waals surface area contributed by atoms with Gasteiger partial charge in [-0.25, -0.2) is 15.8 Å². The SMILES string of the molecule is CCCc1nc(NN)cc(NCCN(C)CC)n1. The second-order valence-electron chi connectivity index (χ2n) is 4.27. The third kappa shape index (κ3) is 4.85. The number of aryl methyl sites for hydroxylation is 1. The maximum Gasteiger partial charge on any atom is 0.145 e. The Morgan fingerprint density at radius 2 is 2.00 bits per heavy atom. The Morgan fingerprint density at radius 1 is 1.28 bits per heavy atom. The van der Waals surface area contributed by atoms with Crippen LogP contribution in [-0.4, -0.2) is 41.5 Å². The average Bonchev–Trinajstić information content (AvgIpc) is 2.38. The molecule has 0 aliphatic rings. The van der Waals surface area contributed by atoms with Crippen LogP contribution >= 0.6 is 0 Å². The van der Waals surface area contributed by atoms with E-state index in [1.165, 1.54) is 0 Å². The van der Waals surface area contributed by atoms with Crippen molar-refractivity contribution in [3.05, 3.63) is 11.9 Å². The van der Waals surface area contributed by atoms with Crippen molar-refractivity contribution >= 4 is 11.6 Å². The fourth-order valence-electron chi connectivity index (χ4n) is 1.53. The fourth-order valence-corrected chi connectivity index (χ4v) is 1.53. The molecule has 1 aromatic rings. The lowest BCUT2D eigenvalue weighted by atomic mass is 10.3. The largest absolute Gasteiger partial charge is 0.369 e. The van der Waals surface area contributed by atoms with Crippen molar-refractivity contribution in [2.75, 3.05) is 37.4 Å². The van der Waals surface area contributed by atoms with Gasteiger partial charge < -0.3 is 15.6 Å². The van der Waals surface area contributed by atoms with Crippen LogP contribution in [0.25, 0.3) is 0 Å². The summed E-state index contributed by atoms with van der Waals surface area (Å²) in [6.07, 6.45) is 1.88. The van der Waals surface area contributed by atoms with Crippen molar-refractivity contribution in [3.8, 4) is 0 Å². The summed E-state index contributed by atoms with van der Waals surface area (Å²) in [6.45, 7) is 7.13. The maximum atomic E-state index is 5.41. The molecule has 0 aliphatic heterocycles. The van der Waals surface area contributed by atoms with Gasteiger partial charge in [0.15, 0.2) is 0 Å². The molecule has 6 heteroatoms. The first-order valence-electron chi connectivity index (χ1n) is 6.46. The molecule has 0 aliphatic carbocycles. The summed E-state index contributed by atoms with van der Waals surface area (Å²) in [4.78, 5) is 11.0. The minimum atomic E-state index is 0.653. The van der Waals surface area contributed by atoms with Gasteiger partial charge in [0.2, 0.25) is 0 Å². The Bertz CT molecular complexity index is 354. The Hall–Kier alpha value is -1.40. The molecule has 6 nitrogen and oxygen atoms in total. The van der Waals surface area contributed by atoms with Crippen LogP contribution in [0.1, 0.15) is 26.1 Å². The molecule has 0 saturated heterocycles. The Kier molecular flexibility index (Phi) is 6.38. The second-order valence-corrected chi connectivity index (χ2v) is 4.27. The number of aromatic nitrogens is 2. The molecular formula is C12H24N6. The fraction of sp³-hybridized carbons (Fsp3) is 0.667. The minimum absolute atomic E-state index is 0.653. The summed E-state index contributed by atoms with van der Waals surface area (Å²) in [5, 5.41) is 3.30. The van der Waals surface area contributed by atoms with Crippen LogP contribution in [0.15, 0.2) is 6.07 Å². The van der Waals surface area contributed by atoms with Crippen LogP contribution in [0.5, 0.6) is 0 Å². The Balaban J connectivity index is 2.60. The molecule has 0 aromatic carbocycles. The van der Waals surface area contributed by atoms with E-state index in [0.29, 0.717) is 5.82 Å². The van der Waals surface area contributed by atoms with Gasteiger partial charge in [0.05, 0.1) is 0 Å². The van der Waals surface area contributed by atoms with Gasteiger partial charge in [0.1, 0.15) is 17.5 Å². The van der Waals surface area contributed by atoms with E-state index in [9.17, 15) is 0 Å². The third-order valence-electron chi connectivity index (χ3n) is 2.73. The first-order chi connectivity index (χ1) is 8.69. The number of likely N-dealkylation sites (N-methyl/N-ethyl adjacent to an activating group) is 1. The van der Waals surface area contributed by atoms with E-state index in [0.717, 1.165) is 44.1 Å². The lowest BCUT2D eigenvalue weighted by Gasteiger charge is -2.15. The van der Waals surface area contributed by atoms with Gasteiger partial charge in [0.25, 0.3) is 0 Å². The second kappa shape index (κ2) is 7.84. The number of hydrogen-bond donors (Lipinski definition) is 3. The van der Waals surface area contributed by atoms with Gasteiger partial charge in [0, 0.05) is 25.6 Å². The minimum Gasteiger partial charge on any atom is -0.369 e. The van der Waals surface area contributed by atoms with Crippen LogP contribution in [0.3, 0.4) is 0 Å². The topological polar surface area (TPSA) is 79.1 Å². The van der Waals surface area contributed by atoms with Crippen LogP contribution in [0.4, 0.5) is 11.6 Å². The van der Waals surface area contributed by atoms with Crippen LogP contribution in [0.2, 0.25) is 0 Å². The molecule has 0 bridgehead atoms. The number of anilines is 2. The molecule has 1 aromatic heterocycles. The first-order valence-corrected chi connectivity index (χ1v) is 6.46. The summed E-state index contributed by atoms with van der Waals surface area (Å²) in [6, 6.07) is 1.82. The van der Waals surface area contributed by atoms with E-state index in [2.05, 4.69) is 46.5 Å². The van der Waals surface area contributed by atoms with Crippen LogP contribution in [0, 0.1) is 0 Å². The van der Waals surface area contributed by atoms with E-state index in [1.54, 1.807) is 0 Å². The maximum absolute atomic E-state index is 5.41. The lowest BCUT2D eigenvalue weighted by molar-refractivity contribution is 0.367. The summed E-state index contributed by atoms with van der Waals surface area (Å²) in [5.41, 5.74) is 2.57. The molecule has 0 spiro atoms. The highest BCUT2D eigenvalue weighted by molar-refractivity contribution is 5.46. The molecule has 18 heavy (non-hydrogen) atoms. The highest BCUT2D eigenvalue weighted by atomic mass is 15.3. The van der Waals surface area contributed by atoms with Gasteiger partial charge in [-0.2, -0.15) is 0 Å². The standard InChI is InChI=1S/C12H24N6/c1-4-6-10-15-11(9-12(16-10)17-13)14-7-8-18(3)5-2/h9H,4-8,13H2,1-3H3,(H2,14,15,16,17). The summed E-state index contributed by atoms with van der Waals surface area (Å²) in [5.74, 6) is 7.70. The normalized spacial score (nSPS) is 10.7. The van der Waals surface area contributed by atoms with Crippen molar-refractivity contribution in [3.63, 3.8) is 0 Å². The highest BCUT2D eigenvalue weighted by Gasteiger charge is 2.03. The molecule has 0 unspecified atom stereocenters. The van der Waals surface area contributed by atoms with Gasteiger partial charge >= 0.3 is 0 Å². The van der Waals surface area contributed by atoms with Gasteiger partial charge in [-0.15, -0.1) is 0 Å². The first kappa shape index (κ1) is 14.7. The van der Waals surface area contributed by atoms with Crippen molar-refractivity contribution in [1.82, 2.24) is 14.9 Å². The van der Waals surface area contributed by atoms with Crippen LogP contribution < -0.4 is 16.6 Å². The average molecular weight is 252 g/mol. The molecule has 0 atom stereocenters. The van der Waals surface area contributed by atoms with E-state index in [4.69, 9.17) is 5.84 Å². The monoisotopic (exact) mass is 252 g/mol. The molecule has 0 radical (unpaired) electrons. The molecule has 1 heterocycles. The quantitative estimate of drug-likeness (QED) is 0.474. The summed E-state index contributed by atoms with van der Waals surface area (Å²) >= 11 is 0. The van der Waals surface area contributed by atoms with E-state index in [1.807, 2.05) is 6.07 Å². The number of nitrogens with zero attached hydrogens (tertiary/aromatic N) is 3. The zero-order valence-electron chi connectivity index (χ0n) is 11.5. The van der Waals surface area contributed by atoms with Crippen molar-refractivity contribution < 1.29 is 0 Å². The zero-order valence-corrected chi connectivity index (χ0v) is 11.5. The van der Waals surface area contributed by atoms with Crippen LogP contribution in [-0.2, 0) is 6.42 Å². The van der Waals surface area contributed by atoms with Crippen molar-refractivity contribution in [1.29, 1.82) is 0 Å². The van der Waals surface area contributed by atoms with E-state index < -0.39 is 0 Å². The number of nitrogen functional groups attached to an aromatic ring is 1. The Labute approximate surface area is 109 Å². The summed E-state index contributed by atoms with van der Waals surface area (Å²) < 4.78 is 0. The highest BCUT2D eigenvalue weighted by Crippen LogP contribution is 2.11. The molecule has 0 amide bonds. The summed E-state index contributed by atoms with van der Waals surface area (Å²) in [7, 11) is 2.09.